The van der Waals surface area contributed by atoms with Crippen LogP contribution in [0.25, 0.3) is 0 Å². The first-order chi connectivity index (χ1) is 9.66. The average Bonchev–Trinajstić information content (AvgIpc) is 2.39. The molecule has 0 aromatic rings. The van der Waals surface area contributed by atoms with Gasteiger partial charge in [-0.1, -0.05) is 43.1 Å². The number of halogens is 1. The van der Waals surface area contributed by atoms with Crippen LogP contribution in [0.5, 0.6) is 0 Å². The largest absolute Gasteiger partial charge is 0.379 e. The first-order valence-electron chi connectivity index (χ1n) is 8.04. The number of ether oxygens (including phenoxy) is 3. The molecule has 0 aliphatic rings. The second-order valence-electron chi connectivity index (χ2n) is 5.56. The standard InChI is InChI=1S/C16H33BrO3/c1-4-5-8-18-10-12-20-13-11-19-9-6-7-16(17)14-15(2)3/h15-16H,4-14H2,1-3H3. The van der Waals surface area contributed by atoms with Crippen LogP contribution in [0.4, 0.5) is 0 Å². The van der Waals surface area contributed by atoms with E-state index in [0.29, 0.717) is 31.3 Å². The second-order valence-corrected chi connectivity index (χ2v) is 6.85. The third-order valence-electron chi connectivity index (χ3n) is 2.92. The lowest BCUT2D eigenvalue weighted by Crippen LogP contribution is -2.11. The average molecular weight is 353 g/mol. The van der Waals surface area contributed by atoms with Gasteiger partial charge in [0.05, 0.1) is 26.4 Å². The lowest BCUT2D eigenvalue weighted by molar-refractivity contribution is 0.0134. The maximum absolute atomic E-state index is 5.55. The van der Waals surface area contributed by atoms with Crippen molar-refractivity contribution in [3.63, 3.8) is 0 Å². The normalized spacial score (nSPS) is 13.1. The fourth-order valence-electron chi connectivity index (χ4n) is 1.82. The highest BCUT2D eigenvalue weighted by molar-refractivity contribution is 9.09. The van der Waals surface area contributed by atoms with Crippen LogP contribution in [0, 0.1) is 5.92 Å². The Hall–Kier alpha value is 0.360. The number of alkyl halides is 1. The summed E-state index contributed by atoms with van der Waals surface area (Å²) in [7, 11) is 0. The van der Waals surface area contributed by atoms with Crippen molar-refractivity contribution in [1.82, 2.24) is 0 Å². The molecule has 0 heterocycles. The van der Waals surface area contributed by atoms with Crippen molar-refractivity contribution < 1.29 is 14.2 Å². The summed E-state index contributed by atoms with van der Waals surface area (Å²) in [6, 6.07) is 0. The van der Waals surface area contributed by atoms with Gasteiger partial charge in [-0.05, 0) is 31.6 Å². The molecule has 0 saturated heterocycles. The lowest BCUT2D eigenvalue weighted by atomic mass is 10.1. The molecule has 1 atom stereocenters. The molecule has 0 N–H and O–H groups in total. The first-order valence-corrected chi connectivity index (χ1v) is 8.95. The van der Waals surface area contributed by atoms with Crippen LogP contribution in [-0.4, -0.2) is 44.5 Å². The maximum atomic E-state index is 5.55. The smallest absolute Gasteiger partial charge is 0.0701 e. The van der Waals surface area contributed by atoms with Gasteiger partial charge in [0.15, 0.2) is 0 Å². The van der Waals surface area contributed by atoms with Crippen LogP contribution in [0.3, 0.4) is 0 Å². The van der Waals surface area contributed by atoms with E-state index in [1.165, 1.54) is 19.3 Å². The molecule has 0 rings (SSSR count). The van der Waals surface area contributed by atoms with Crippen molar-refractivity contribution in [2.24, 2.45) is 5.92 Å². The summed E-state index contributed by atoms with van der Waals surface area (Å²) >= 11 is 3.71. The van der Waals surface area contributed by atoms with Crippen molar-refractivity contribution in [2.45, 2.75) is 57.7 Å². The number of hydrogen-bond donors (Lipinski definition) is 0. The molecule has 0 aliphatic carbocycles. The fourth-order valence-corrected chi connectivity index (χ4v) is 2.90. The molecule has 3 nitrogen and oxygen atoms in total. The molecule has 0 fully saturated rings. The molecule has 122 valence electrons. The molecule has 0 radical (unpaired) electrons. The second kappa shape index (κ2) is 15.7. The van der Waals surface area contributed by atoms with Gasteiger partial charge in [-0.2, -0.15) is 0 Å². The van der Waals surface area contributed by atoms with Crippen molar-refractivity contribution in [2.75, 3.05) is 39.6 Å². The van der Waals surface area contributed by atoms with E-state index >= 15 is 0 Å². The lowest BCUT2D eigenvalue weighted by Gasteiger charge is -2.12. The predicted molar refractivity (Wildman–Crippen MR) is 88.8 cm³/mol. The van der Waals surface area contributed by atoms with Crippen molar-refractivity contribution >= 4 is 15.9 Å². The van der Waals surface area contributed by atoms with Crippen LogP contribution in [0.15, 0.2) is 0 Å². The van der Waals surface area contributed by atoms with Gasteiger partial charge in [0.1, 0.15) is 0 Å². The van der Waals surface area contributed by atoms with E-state index in [1.54, 1.807) is 0 Å². The molecule has 0 aliphatic heterocycles. The van der Waals surface area contributed by atoms with Gasteiger partial charge in [0.25, 0.3) is 0 Å². The van der Waals surface area contributed by atoms with Gasteiger partial charge in [-0.25, -0.2) is 0 Å². The number of rotatable bonds is 15. The van der Waals surface area contributed by atoms with E-state index in [2.05, 4.69) is 36.7 Å². The summed E-state index contributed by atoms with van der Waals surface area (Å²) in [5.41, 5.74) is 0. The highest BCUT2D eigenvalue weighted by Crippen LogP contribution is 2.17. The van der Waals surface area contributed by atoms with Crippen LogP contribution in [0.2, 0.25) is 0 Å². The number of hydrogen-bond acceptors (Lipinski definition) is 3. The SMILES string of the molecule is CCCCOCCOCCOCCCC(Br)CC(C)C. The zero-order chi connectivity index (χ0) is 15.1. The summed E-state index contributed by atoms with van der Waals surface area (Å²) in [6.45, 7) is 11.1. The molecule has 0 amide bonds. The minimum absolute atomic E-state index is 0.627. The summed E-state index contributed by atoms with van der Waals surface area (Å²) < 4.78 is 16.4. The molecule has 1 unspecified atom stereocenters. The van der Waals surface area contributed by atoms with Gasteiger partial charge < -0.3 is 14.2 Å². The molecule has 4 heteroatoms. The Morgan fingerprint density at radius 3 is 1.80 bits per heavy atom. The Bertz CT molecular complexity index is 189. The molecule has 0 aromatic carbocycles. The quantitative estimate of drug-likeness (QED) is 0.322. The summed E-state index contributed by atoms with van der Waals surface area (Å²) in [5.74, 6) is 0.758. The topological polar surface area (TPSA) is 27.7 Å². The highest BCUT2D eigenvalue weighted by atomic mass is 79.9. The molecule has 0 spiro atoms. The zero-order valence-corrected chi connectivity index (χ0v) is 15.1. The van der Waals surface area contributed by atoms with Gasteiger partial charge >= 0.3 is 0 Å². The fraction of sp³-hybridized carbons (Fsp3) is 1.00. The van der Waals surface area contributed by atoms with Gasteiger partial charge in [-0.3, -0.25) is 0 Å². The van der Waals surface area contributed by atoms with E-state index in [4.69, 9.17) is 14.2 Å². The monoisotopic (exact) mass is 352 g/mol. The third-order valence-corrected chi connectivity index (χ3v) is 3.75. The van der Waals surface area contributed by atoms with E-state index in [9.17, 15) is 0 Å². The molecule has 20 heavy (non-hydrogen) atoms. The minimum atomic E-state index is 0.627. The molecular formula is C16H33BrO3. The van der Waals surface area contributed by atoms with Crippen LogP contribution in [-0.2, 0) is 14.2 Å². The molecular weight excluding hydrogens is 320 g/mol. The van der Waals surface area contributed by atoms with Crippen LogP contribution < -0.4 is 0 Å². The molecule has 0 bridgehead atoms. The van der Waals surface area contributed by atoms with E-state index in [1.807, 2.05) is 0 Å². The number of unbranched alkanes of at least 4 members (excludes halogenated alkanes) is 1. The van der Waals surface area contributed by atoms with Crippen molar-refractivity contribution in [3.05, 3.63) is 0 Å². The van der Waals surface area contributed by atoms with Crippen molar-refractivity contribution in [1.29, 1.82) is 0 Å². The first kappa shape index (κ1) is 20.4. The molecule has 0 aromatic heterocycles. The summed E-state index contributed by atoms with van der Waals surface area (Å²) in [4.78, 5) is 0.627. The summed E-state index contributed by atoms with van der Waals surface area (Å²) in [6.07, 6.45) is 5.85. The van der Waals surface area contributed by atoms with Crippen LogP contribution >= 0.6 is 15.9 Å². The highest BCUT2D eigenvalue weighted by Gasteiger charge is 2.06. The Balaban J connectivity index is 3.06. The van der Waals surface area contributed by atoms with Gasteiger partial charge in [-0.15, -0.1) is 0 Å². The van der Waals surface area contributed by atoms with Crippen LogP contribution in [0.1, 0.15) is 52.9 Å². The van der Waals surface area contributed by atoms with Crippen molar-refractivity contribution in [3.8, 4) is 0 Å². The Morgan fingerprint density at radius 1 is 0.800 bits per heavy atom. The zero-order valence-electron chi connectivity index (χ0n) is 13.5. The van der Waals surface area contributed by atoms with E-state index in [-0.39, 0.29) is 0 Å². The minimum Gasteiger partial charge on any atom is -0.379 e. The maximum Gasteiger partial charge on any atom is 0.0701 e. The van der Waals surface area contributed by atoms with E-state index in [0.717, 1.165) is 32.0 Å². The third kappa shape index (κ3) is 16.4. The Morgan fingerprint density at radius 2 is 1.30 bits per heavy atom. The summed E-state index contributed by atoms with van der Waals surface area (Å²) in [5, 5.41) is 0. The van der Waals surface area contributed by atoms with E-state index < -0.39 is 0 Å². The van der Waals surface area contributed by atoms with Gasteiger partial charge in [0, 0.05) is 18.0 Å². The predicted octanol–water partition coefficient (Wildman–Crippen LogP) is 4.43. The Kier molecular flexibility index (Phi) is 16.0. The van der Waals surface area contributed by atoms with Gasteiger partial charge in [0.2, 0.25) is 0 Å². The molecule has 0 saturated carbocycles. The Labute approximate surface area is 133 Å².